The van der Waals surface area contributed by atoms with Gasteiger partial charge in [-0.05, 0) is 37.6 Å². The minimum Gasteiger partial charge on any atom is -0.303 e. The van der Waals surface area contributed by atoms with Gasteiger partial charge in [0.2, 0.25) is 0 Å². The van der Waals surface area contributed by atoms with Crippen molar-refractivity contribution in [3.05, 3.63) is 0 Å². The summed E-state index contributed by atoms with van der Waals surface area (Å²) in [6, 6.07) is 0. The van der Waals surface area contributed by atoms with Crippen LogP contribution < -0.4 is 0 Å². The highest BCUT2D eigenvalue weighted by Gasteiger charge is 2.33. The second-order valence-corrected chi connectivity index (χ2v) is 9.16. The zero-order chi connectivity index (χ0) is 17.6. The first-order chi connectivity index (χ1) is 12.4. The summed E-state index contributed by atoms with van der Waals surface area (Å²) in [6.45, 7) is 6.56. The van der Waals surface area contributed by atoms with Crippen LogP contribution in [0, 0.1) is 11.8 Å². The van der Waals surface area contributed by atoms with Crippen LogP contribution in [-0.4, -0.2) is 24.5 Å². The SMILES string of the molecule is CCCCCCCCCCCCCCCCN1C[C@H]2CCCC[C@H]2C1. The fraction of sp³-hybridized carbons (Fsp3) is 1.00. The highest BCUT2D eigenvalue weighted by molar-refractivity contribution is 4.86. The van der Waals surface area contributed by atoms with Gasteiger partial charge in [0.1, 0.15) is 0 Å². The Balaban J connectivity index is 1.28. The van der Waals surface area contributed by atoms with E-state index in [0.717, 1.165) is 11.8 Å². The summed E-state index contributed by atoms with van der Waals surface area (Å²) in [5.41, 5.74) is 0. The van der Waals surface area contributed by atoms with Gasteiger partial charge in [-0.2, -0.15) is 0 Å². The molecular weight excluding hydrogens is 302 g/mol. The first kappa shape index (κ1) is 21.3. The molecule has 2 rings (SSSR count). The lowest BCUT2D eigenvalue weighted by atomic mass is 9.82. The number of rotatable bonds is 15. The molecule has 148 valence electrons. The van der Waals surface area contributed by atoms with Crippen molar-refractivity contribution in [2.75, 3.05) is 19.6 Å². The maximum Gasteiger partial charge on any atom is 0.00129 e. The zero-order valence-corrected chi connectivity index (χ0v) is 17.5. The zero-order valence-electron chi connectivity index (χ0n) is 17.5. The van der Waals surface area contributed by atoms with Gasteiger partial charge in [-0.1, -0.05) is 103 Å². The van der Waals surface area contributed by atoms with Crippen molar-refractivity contribution in [1.82, 2.24) is 4.90 Å². The minimum atomic E-state index is 1.07. The molecule has 0 unspecified atom stereocenters. The lowest BCUT2D eigenvalue weighted by Gasteiger charge is -2.23. The van der Waals surface area contributed by atoms with Crippen molar-refractivity contribution in [3.63, 3.8) is 0 Å². The third-order valence-electron chi connectivity index (χ3n) is 6.88. The van der Waals surface area contributed by atoms with Crippen molar-refractivity contribution in [3.8, 4) is 0 Å². The Kier molecular flexibility index (Phi) is 12.0. The van der Waals surface area contributed by atoms with E-state index >= 15 is 0 Å². The molecule has 25 heavy (non-hydrogen) atoms. The van der Waals surface area contributed by atoms with Crippen LogP contribution in [0.15, 0.2) is 0 Å². The average Bonchev–Trinajstić information content (AvgIpc) is 3.05. The van der Waals surface area contributed by atoms with Gasteiger partial charge in [0, 0.05) is 13.1 Å². The summed E-state index contributed by atoms with van der Waals surface area (Å²) < 4.78 is 0. The number of hydrogen-bond acceptors (Lipinski definition) is 1. The van der Waals surface area contributed by atoms with Crippen LogP contribution in [0.4, 0.5) is 0 Å². The Labute approximate surface area is 159 Å². The molecule has 1 heteroatoms. The second kappa shape index (κ2) is 14.1. The molecule has 1 nitrogen and oxygen atoms in total. The van der Waals surface area contributed by atoms with Crippen LogP contribution in [0.3, 0.4) is 0 Å². The molecule has 0 N–H and O–H groups in total. The molecule has 1 aliphatic heterocycles. The largest absolute Gasteiger partial charge is 0.303 e. The fourth-order valence-corrected chi connectivity index (χ4v) is 5.22. The smallest absolute Gasteiger partial charge is 0.00129 e. The predicted molar refractivity (Wildman–Crippen MR) is 112 cm³/mol. The molecule has 0 amide bonds. The normalized spacial score (nSPS) is 23.9. The molecule has 0 aromatic rings. The van der Waals surface area contributed by atoms with Crippen LogP contribution in [0.2, 0.25) is 0 Å². The Morgan fingerprint density at radius 2 is 0.960 bits per heavy atom. The van der Waals surface area contributed by atoms with E-state index in [9.17, 15) is 0 Å². The summed E-state index contributed by atoms with van der Waals surface area (Å²) in [4.78, 5) is 2.79. The van der Waals surface area contributed by atoms with E-state index in [1.807, 2.05) is 0 Å². The highest BCUT2D eigenvalue weighted by Crippen LogP contribution is 2.36. The number of hydrogen-bond donors (Lipinski definition) is 0. The lowest BCUT2D eigenvalue weighted by Crippen LogP contribution is -2.22. The number of likely N-dealkylation sites (tertiary alicyclic amines) is 1. The molecule has 2 fully saturated rings. The molecule has 1 aliphatic carbocycles. The molecule has 1 saturated heterocycles. The number of fused-ring (bicyclic) bond motifs is 1. The van der Waals surface area contributed by atoms with Crippen molar-refractivity contribution in [2.24, 2.45) is 11.8 Å². The fourth-order valence-electron chi connectivity index (χ4n) is 5.22. The molecule has 0 aromatic heterocycles. The van der Waals surface area contributed by atoms with Crippen molar-refractivity contribution in [2.45, 2.75) is 122 Å². The average molecular weight is 350 g/mol. The molecule has 0 bridgehead atoms. The molecule has 0 radical (unpaired) electrons. The topological polar surface area (TPSA) is 3.24 Å². The van der Waals surface area contributed by atoms with E-state index in [1.54, 1.807) is 0 Å². The highest BCUT2D eigenvalue weighted by atomic mass is 15.1. The summed E-state index contributed by atoms with van der Waals surface area (Å²) >= 11 is 0. The van der Waals surface area contributed by atoms with E-state index in [0.29, 0.717) is 0 Å². The molecule has 1 heterocycles. The van der Waals surface area contributed by atoms with Gasteiger partial charge in [-0.25, -0.2) is 0 Å². The van der Waals surface area contributed by atoms with E-state index in [-0.39, 0.29) is 0 Å². The summed E-state index contributed by atoms with van der Waals surface area (Å²) in [6.07, 6.45) is 26.7. The number of nitrogens with zero attached hydrogens (tertiary/aromatic N) is 1. The van der Waals surface area contributed by atoms with Gasteiger partial charge < -0.3 is 4.90 Å². The van der Waals surface area contributed by atoms with Crippen LogP contribution in [0.25, 0.3) is 0 Å². The van der Waals surface area contributed by atoms with Crippen LogP contribution >= 0.6 is 0 Å². The van der Waals surface area contributed by atoms with E-state index in [4.69, 9.17) is 0 Å². The first-order valence-electron chi connectivity index (χ1n) is 12.1. The maximum absolute atomic E-state index is 2.79. The van der Waals surface area contributed by atoms with Crippen LogP contribution in [0.5, 0.6) is 0 Å². The predicted octanol–water partition coefficient (Wildman–Crippen LogP) is 7.59. The summed E-state index contributed by atoms with van der Waals surface area (Å²) in [7, 11) is 0. The van der Waals surface area contributed by atoms with E-state index < -0.39 is 0 Å². The molecular formula is C24H47N. The molecule has 1 saturated carbocycles. The van der Waals surface area contributed by atoms with E-state index in [1.165, 1.54) is 135 Å². The Morgan fingerprint density at radius 1 is 0.560 bits per heavy atom. The summed E-state index contributed by atoms with van der Waals surface area (Å²) in [5.74, 6) is 2.14. The van der Waals surface area contributed by atoms with Gasteiger partial charge in [-0.15, -0.1) is 0 Å². The Bertz CT molecular complexity index is 286. The van der Waals surface area contributed by atoms with Crippen molar-refractivity contribution in [1.29, 1.82) is 0 Å². The second-order valence-electron chi connectivity index (χ2n) is 9.16. The standard InChI is InChI=1S/C24H47N/c1-2-3-4-5-6-7-8-9-10-11-12-13-14-17-20-25-21-23-18-15-16-19-24(23)22-25/h23-24H,2-22H2,1H3/t23-,24+. The quantitative estimate of drug-likeness (QED) is 0.275. The van der Waals surface area contributed by atoms with Gasteiger partial charge >= 0.3 is 0 Å². The number of unbranched alkanes of at least 4 members (excludes halogenated alkanes) is 13. The van der Waals surface area contributed by atoms with Gasteiger partial charge in [0.05, 0.1) is 0 Å². The minimum absolute atomic E-state index is 1.07. The summed E-state index contributed by atoms with van der Waals surface area (Å²) in [5, 5.41) is 0. The van der Waals surface area contributed by atoms with Crippen LogP contribution in [0.1, 0.15) is 122 Å². The van der Waals surface area contributed by atoms with Crippen molar-refractivity contribution < 1.29 is 0 Å². The van der Waals surface area contributed by atoms with Crippen LogP contribution in [-0.2, 0) is 0 Å². The first-order valence-corrected chi connectivity index (χ1v) is 12.1. The third kappa shape index (κ3) is 9.45. The Hall–Kier alpha value is -0.0400. The third-order valence-corrected chi connectivity index (χ3v) is 6.88. The monoisotopic (exact) mass is 349 g/mol. The van der Waals surface area contributed by atoms with E-state index in [2.05, 4.69) is 11.8 Å². The molecule has 0 aromatic carbocycles. The maximum atomic E-state index is 2.79. The molecule has 0 spiro atoms. The van der Waals surface area contributed by atoms with Gasteiger partial charge in [0.15, 0.2) is 0 Å². The lowest BCUT2D eigenvalue weighted by molar-refractivity contribution is 0.299. The molecule has 2 atom stereocenters. The Morgan fingerprint density at radius 3 is 1.40 bits per heavy atom. The molecule has 2 aliphatic rings. The van der Waals surface area contributed by atoms with Gasteiger partial charge in [-0.3, -0.25) is 0 Å². The van der Waals surface area contributed by atoms with Gasteiger partial charge in [0.25, 0.3) is 0 Å². The van der Waals surface area contributed by atoms with Crippen molar-refractivity contribution >= 4 is 0 Å².